The molecule has 0 bridgehead atoms. The van der Waals surface area contributed by atoms with Crippen molar-refractivity contribution < 1.29 is 9.47 Å². The standard InChI is InChI=1S/C15H22N4O2/c1-18(2)15-17-10-11(19(15)3)9-16-13-8-12(20-4)6-7-14(13)21-5/h6-8,10,16H,9H2,1-5H3. The second-order valence-electron chi connectivity index (χ2n) is 4.92. The predicted octanol–water partition coefficient (Wildman–Crippen LogP) is 2.12. The molecule has 0 unspecified atom stereocenters. The van der Waals surface area contributed by atoms with Crippen molar-refractivity contribution in [3.8, 4) is 11.5 Å². The quantitative estimate of drug-likeness (QED) is 0.883. The van der Waals surface area contributed by atoms with E-state index in [0.29, 0.717) is 6.54 Å². The lowest BCUT2D eigenvalue weighted by Gasteiger charge is -2.15. The lowest BCUT2D eigenvalue weighted by molar-refractivity contribution is 0.404. The highest BCUT2D eigenvalue weighted by atomic mass is 16.5. The molecule has 0 fully saturated rings. The third-order valence-electron chi connectivity index (χ3n) is 3.33. The molecule has 6 nitrogen and oxygen atoms in total. The normalized spacial score (nSPS) is 10.3. The Kier molecular flexibility index (Phi) is 4.57. The smallest absolute Gasteiger partial charge is 0.204 e. The zero-order valence-corrected chi connectivity index (χ0v) is 13.2. The summed E-state index contributed by atoms with van der Waals surface area (Å²) in [6.07, 6.45) is 1.87. The van der Waals surface area contributed by atoms with Crippen LogP contribution in [-0.4, -0.2) is 37.9 Å². The van der Waals surface area contributed by atoms with Crippen LogP contribution in [0.4, 0.5) is 11.6 Å². The van der Waals surface area contributed by atoms with Gasteiger partial charge in [-0.3, -0.25) is 0 Å². The van der Waals surface area contributed by atoms with Crippen molar-refractivity contribution in [2.24, 2.45) is 7.05 Å². The third-order valence-corrected chi connectivity index (χ3v) is 3.33. The predicted molar refractivity (Wildman–Crippen MR) is 84.4 cm³/mol. The molecule has 2 rings (SSSR count). The molecule has 0 saturated heterocycles. The number of aromatic nitrogens is 2. The molecule has 0 aliphatic heterocycles. The summed E-state index contributed by atoms with van der Waals surface area (Å²) in [5.74, 6) is 2.49. The molecule has 0 atom stereocenters. The summed E-state index contributed by atoms with van der Waals surface area (Å²) >= 11 is 0. The maximum absolute atomic E-state index is 5.36. The molecule has 1 heterocycles. The van der Waals surface area contributed by atoms with Crippen molar-refractivity contribution >= 4 is 11.6 Å². The first-order valence-corrected chi connectivity index (χ1v) is 6.70. The van der Waals surface area contributed by atoms with Crippen LogP contribution in [-0.2, 0) is 13.6 Å². The Bertz CT molecular complexity index is 608. The number of nitrogens with one attached hydrogen (secondary N) is 1. The van der Waals surface area contributed by atoms with Crippen LogP contribution in [0.5, 0.6) is 11.5 Å². The number of ether oxygens (including phenoxy) is 2. The molecule has 0 spiro atoms. The van der Waals surface area contributed by atoms with E-state index < -0.39 is 0 Å². The zero-order valence-electron chi connectivity index (χ0n) is 13.2. The molecule has 2 aromatic rings. The Balaban J connectivity index is 2.16. The highest BCUT2D eigenvalue weighted by molar-refractivity contribution is 5.59. The number of anilines is 2. The average Bonchev–Trinajstić information content (AvgIpc) is 2.86. The number of rotatable bonds is 6. The van der Waals surface area contributed by atoms with Gasteiger partial charge in [-0.05, 0) is 12.1 Å². The Labute approximate surface area is 125 Å². The van der Waals surface area contributed by atoms with Gasteiger partial charge in [-0.15, -0.1) is 0 Å². The van der Waals surface area contributed by atoms with E-state index in [1.165, 1.54) is 0 Å². The fourth-order valence-corrected chi connectivity index (χ4v) is 2.15. The first-order valence-electron chi connectivity index (χ1n) is 6.70. The van der Waals surface area contributed by atoms with Gasteiger partial charge in [-0.1, -0.05) is 0 Å². The van der Waals surface area contributed by atoms with Crippen LogP contribution >= 0.6 is 0 Å². The van der Waals surface area contributed by atoms with Gasteiger partial charge < -0.3 is 24.3 Å². The summed E-state index contributed by atoms with van der Waals surface area (Å²) in [6.45, 7) is 0.654. The van der Waals surface area contributed by atoms with Crippen LogP contribution in [0, 0.1) is 0 Å². The van der Waals surface area contributed by atoms with Crippen molar-refractivity contribution in [1.82, 2.24) is 9.55 Å². The van der Waals surface area contributed by atoms with Gasteiger partial charge in [0.25, 0.3) is 0 Å². The summed E-state index contributed by atoms with van der Waals surface area (Å²) in [6, 6.07) is 5.68. The first kappa shape index (κ1) is 15.0. The van der Waals surface area contributed by atoms with Gasteiger partial charge in [-0.25, -0.2) is 4.98 Å². The lowest BCUT2D eigenvalue weighted by Crippen LogP contribution is -2.15. The van der Waals surface area contributed by atoms with Crippen LogP contribution in [0.15, 0.2) is 24.4 Å². The van der Waals surface area contributed by atoms with E-state index in [2.05, 4.69) is 14.9 Å². The van der Waals surface area contributed by atoms with Gasteiger partial charge in [0.05, 0.1) is 38.3 Å². The third kappa shape index (κ3) is 3.21. The highest BCUT2D eigenvalue weighted by Crippen LogP contribution is 2.29. The van der Waals surface area contributed by atoms with E-state index in [0.717, 1.165) is 28.8 Å². The topological polar surface area (TPSA) is 51.6 Å². The van der Waals surface area contributed by atoms with E-state index in [1.54, 1.807) is 14.2 Å². The SMILES string of the molecule is COc1ccc(OC)c(NCc2cnc(N(C)C)n2C)c1. The fraction of sp³-hybridized carbons (Fsp3) is 0.400. The number of hydrogen-bond acceptors (Lipinski definition) is 5. The molecule has 1 aromatic heterocycles. The molecular formula is C15H22N4O2. The van der Waals surface area contributed by atoms with Crippen LogP contribution in [0.3, 0.4) is 0 Å². The Hall–Kier alpha value is -2.37. The Morgan fingerprint density at radius 3 is 2.57 bits per heavy atom. The maximum Gasteiger partial charge on any atom is 0.204 e. The number of imidazole rings is 1. The van der Waals surface area contributed by atoms with E-state index in [9.17, 15) is 0 Å². The van der Waals surface area contributed by atoms with Crippen LogP contribution < -0.4 is 19.7 Å². The number of nitrogens with zero attached hydrogens (tertiary/aromatic N) is 3. The minimum Gasteiger partial charge on any atom is -0.497 e. The number of benzene rings is 1. The van der Waals surface area contributed by atoms with Gasteiger partial charge in [0, 0.05) is 27.2 Å². The number of methoxy groups -OCH3 is 2. The zero-order chi connectivity index (χ0) is 15.4. The van der Waals surface area contributed by atoms with Crippen molar-refractivity contribution in [2.75, 3.05) is 38.5 Å². The first-order chi connectivity index (χ1) is 10.1. The van der Waals surface area contributed by atoms with Crippen LogP contribution in [0.25, 0.3) is 0 Å². The molecule has 114 valence electrons. The molecule has 1 aromatic carbocycles. The van der Waals surface area contributed by atoms with E-state index in [4.69, 9.17) is 9.47 Å². The van der Waals surface area contributed by atoms with Gasteiger partial charge in [0.15, 0.2) is 0 Å². The van der Waals surface area contributed by atoms with E-state index in [1.807, 2.05) is 50.4 Å². The van der Waals surface area contributed by atoms with E-state index in [-0.39, 0.29) is 0 Å². The second kappa shape index (κ2) is 6.39. The highest BCUT2D eigenvalue weighted by Gasteiger charge is 2.09. The fourth-order valence-electron chi connectivity index (χ4n) is 2.15. The molecule has 6 heteroatoms. The maximum atomic E-state index is 5.36. The van der Waals surface area contributed by atoms with Gasteiger partial charge >= 0.3 is 0 Å². The molecule has 0 amide bonds. The molecular weight excluding hydrogens is 268 g/mol. The summed E-state index contributed by atoms with van der Waals surface area (Å²) in [5.41, 5.74) is 1.98. The lowest BCUT2D eigenvalue weighted by atomic mass is 10.2. The van der Waals surface area contributed by atoms with Gasteiger partial charge in [0.1, 0.15) is 11.5 Å². The second-order valence-corrected chi connectivity index (χ2v) is 4.92. The Morgan fingerprint density at radius 2 is 2.00 bits per heavy atom. The molecule has 0 aliphatic rings. The summed E-state index contributed by atoms with van der Waals surface area (Å²) in [5, 5.41) is 3.36. The summed E-state index contributed by atoms with van der Waals surface area (Å²) in [4.78, 5) is 6.38. The molecule has 0 saturated carbocycles. The van der Waals surface area contributed by atoms with E-state index >= 15 is 0 Å². The molecule has 1 N–H and O–H groups in total. The molecule has 0 radical (unpaired) electrons. The van der Waals surface area contributed by atoms with Crippen LogP contribution in [0.2, 0.25) is 0 Å². The van der Waals surface area contributed by atoms with Gasteiger partial charge in [0.2, 0.25) is 5.95 Å². The van der Waals surface area contributed by atoms with Crippen LogP contribution in [0.1, 0.15) is 5.69 Å². The average molecular weight is 290 g/mol. The monoisotopic (exact) mass is 290 g/mol. The Morgan fingerprint density at radius 1 is 1.24 bits per heavy atom. The summed E-state index contributed by atoms with van der Waals surface area (Å²) < 4.78 is 12.7. The van der Waals surface area contributed by atoms with Crippen molar-refractivity contribution in [2.45, 2.75) is 6.54 Å². The van der Waals surface area contributed by atoms with Gasteiger partial charge in [-0.2, -0.15) is 0 Å². The molecule has 21 heavy (non-hydrogen) atoms. The largest absolute Gasteiger partial charge is 0.497 e. The van der Waals surface area contributed by atoms with Crippen molar-refractivity contribution in [3.63, 3.8) is 0 Å². The van der Waals surface area contributed by atoms with Crippen molar-refractivity contribution in [3.05, 3.63) is 30.1 Å². The minimum atomic E-state index is 0.654. The number of hydrogen-bond donors (Lipinski definition) is 1. The molecule has 0 aliphatic carbocycles. The summed E-state index contributed by atoms with van der Waals surface area (Å²) in [7, 11) is 9.26. The van der Waals surface area contributed by atoms with Crippen molar-refractivity contribution in [1.29, 1.82) is 0 Å². The minimum absolute atomic E-state index is 0.654.